The zero-order valence-electron chi connectivity index (χ0n) is 16.0. The Hall–Kier alpha value is -1.50. The number of carbonyl (C=O) groups excluding carboxylic acids is 1. The fourth-order valence-corrected chi connectivity index (χ4v) is 2.10. The van der Waals surface area contributed by atoms with Crippen LogP contribution >= 0.6 is 0 Å². The van der Waals surface area contributed by atoms with Crippen LogP contribution in [0.4, 0.5) is 4.79 Å². The Bertz CT molecular complexity index is 436. The van der Waals surface area contributed by atoms with E-state index in [-0.39, 0.29) is 24.2 Å². The summed E-state index contributed by atoms with van der Waals surface area (Å²) in [7, 11) is 0. The Kier molecular flexibility index (Phi) is 7.32. The van der Waals surface area contributed by atoms with E-state index in [1.165, 1.54) is 0 Å². The lowest BCUT2D eigenvalue weighted by atomic mass is 9.89. The smallest absolute Gasteiger partial charge is 0.410 e. The highest BCUT2D eigenvalue weighted by Gasteiger charge is 2.34. The maximum atomic E-state index is 11.9. The van der Waals surface area contributed by atoms with Crippen LogP contribution in [-0.2, 0) is 4.74 Å². The summed E-state index contributed by atoms with van der Waals surface area (Å²) >= 11 is 0. The molecule has 0 aliphatic carbocycles. The first-order valence-electron chi connectivity index (χ1n) is 8.76. The van der Waals surface area contributed by atoms with Crippen LogP contribution in [0.3, 0.4) is 0 Å². The molecule has 0 bridgehead atoms. The number of nitrogens with one attached hydrogen (secondary N) is 2. The third kappa shape index (κ3) is 6.55. The molecule has 1 fully saturated rings. The molecule has 0 saturated carbocycles. The number of rotatable bonds is 6. The van der Waals surface area contributed by atoms with E-state index in [2.05, 4.69) is 22.5 Å². The van der Waals surface area contributed by atoms with Crippen LogP contribution in [0.25, 0.3) is 0 Å². The van der Waals surface area contributed by atoms with Crippen molar-refractivity contribution >= 4 is 12.1 Å². The highest BCUT2D eigenvalue weighted by molar-refractivity contribution is 5.80. The summed E-state index contributed by atoms with van der Waals surface area (Å²) in [5.41, 5.74) is -0.675. The van der Waals surface area contributed by atoms with Gasteiger partial charge in [-0.1, -0.05) is 13.8 Å². The number of hydrogen-bond donors (Lipinski definition) is 3. The highest BCUT2D eigenvalue weighted by atomic mass is 16.6. The number of guanidine groups is 1. The summed E-state index contributed by atoms with van der Waals surface area (Å²) < 4.78 is 5.35. The Balaban J connectivity index is 2.50. The lowest BCUT2D eigenvalue weighted by molar-refractivity contribution is 0.00699. The van der Waals surface area contributed by atoms with Gasteiger partial charge in [-0.25, -0.2) is 4.79 Å². The summed E-state index contributed by atoms with van der Waals surface area (Å²) in [6.07, 6.45) is 0.587. The lowest BCUT2D eigenvalue weighted by Gasteiger charge is -2.40. The van der Waals surface area contributed by atoms with E-state index in [9.17, 15) is 9.90 Å². The number of aliphatic hydroxyl groups is 1. The first kappa shape index (κ1) is 20.5. The van der Waals surface area contributed by atoms with Gasteiger partial charge in [0.2, 0.25) is 0 Å². The van der Waals surface area contributed by atoms with Gasteiger partial charge in [0.1, 0.15) is 5.60 Å². The quantitative estimate of drug-likeness (QED) is 0.504. The molecule has 140 valence electrons. The molecule has 1 atom stereocenters. The minimum absolute atomic E-state index is 0.113. The first-order valence-corrected chi connectivity index (χ1v) is 8.76. The van der Waals surface area contributed by atoms with Crippen molar-refractivity contribution in [2.45, 2.75) is 59.6 Å². The van der Waals surface area contributed by atoms with Crippen molar-refractivity contribution in [3.05, 3.63) is 0 Å². The molecular formula is C17H34N4O3. The van der Waals surface area contributed by atoms with E-state index < -0.39 is 5.60 Å². The second kappa shape index (κ2) is 8.55. The van der Waals surface area contributed by atoms with Gasteiger partial charge in [0.15, 0.2) is 5.96 Å². The molecule has 1 heterocycles. The van der Waals surface area contributed by atoms with Gasteiger partial charge in [0.25, 0.3) is 0 Å². The number of amides is 1. The number of aliphatic hydroxyl groups excluding tert-OH is 1. The van der Waals surface area contributed by atoms with Gasteiger partial charge in [0, 0.05) is 25.0 Å². The van der Waals surface area contributed by atoms with Crippen LogP contribution in [0, 0.1) is 5.41 Å². The van der Waals surface area contributed by atoms with Gasteiger partial charge in [-0.2, -0.15) is 0 Å². The summed E-state index contributed by atoms with van der Waals surface area (Å²) in [6, 6.07) is 0.164. The van der Waals surface area contributed by atoms with Gasteiger partial charge in [0.05, 0.1) is 19.2 Å². The molecule has 24 heavy (non-hydrogen) atoms. The van der Waals surface area contributed by atoms with E-state index in [0.717, 1.165) is 18.9 Å². The van der Waals surface area contributed by atoms with Crippen LogP contribution in [0.5, 0.6) is 0 Å². The molecular weight excluding hydrogens is 308 g/mol. The van der Waals surface area contributed by atoms with Crippen molar-refractivity contribution < 1.29 is 14.6 Å². The molecule has 1 aliphatic rings. The SMILES string of the molecule is CCNC(=NCC(C)(CC)CO)NC1CN(C(=O)OC(C)(C)C)C1. The standard InChI is InChI=1S/C17H34N4O3/c1-7-17(6,12-22)11-19-14(18-8-2)20-13-9-21(10-13)15(23)24-16(3,4)5/h13,22H,7-12H2,1-6H3,(H2,18,19,20). The van der Waals surface area contributed by atoms with Crippen molar-refractivity contribution in [2.75, 3.05) is 32.8 Å². The number of carbonyl (C=O) groups is 1. The van der Waals surface area contributed by atoms with Crippen molar-refractivity contribution in [3.8, 4) is 0 Å². The maximum absolute atomic E-state index is 11.9. The predicted octanol–water partition coefficient (Wildman–Crippen LogP) is 1.57. The molecule has 1 aliphatic heterocycles. The number of hydrogen-bond acceptors (Lipinski definition) is 4. The lowest BCUT2D eigenvalue weighted by Crippen LogP contribution is -2.63. The number of nitrogens with zero attached hydrogens (tertiary/aromatic N) is 2. The molecule has 3 N–H and O–H groups in total. The van der Waals surface area contributed by atoms with Crippen LogP contribution in [0.15, 0.2) is 4.99 Å². The predicted molar refractivity (Wildman–Crippen MR) is 96.2 cm³/mol. The monoisotopic (exact) mass is 342 g/mol. The minimum atomic E-state index is -0.471. The average molecular weight is 342 g/mol. The third-order valence-electron chi connectivity index (χ3n) is 4.07. The van der Waals surface area contributed by atoms with E-state index in [1.807, 2.05) is 34.6 Å². The van der Waals surface area contributed by atoms with E-state index >= 15 is 0 Å². The second-order valence-corrected chi connectivity index (χ2v) is 7.74. The van der Waals surface area contributed by atoms with Crippen molar-refractivity contribution in [2.24, 2.45) is 10.4 Å². The molecule has 7 heteroatoms. The van der Waals surface area contributed by atoms with Crippen molar-refractivity contribution in [3.63, 3.8) is 0 Å². The zero-order chi connectivity index (χ0) is 18.4. The molecule has 1 rings (SSSR count). The maximum Gasteiger partial charge on any atom is 0.410 e. The normalized spacial score (nSPS) is 18.6. The average Bonchev–Trinajstić information content (AvgIpc) is 2.45. The largest absolute Gasteiger partial charge is 0.444 e. The number of aliphatic imine (C=N–C) groups is 1. The van der Waals surface area contributed by atoms with Crippen molar-refractivity contribution in [1.29, 1.82) is 0 Å². The molecule has 0 aromatic carbocycles. The molecule has 7 nitrogen and oxygen atoms in total. The molecule has 1 amide bonds. The van der Waals surface area contributed by atoms with E-state index in [4.69, 9.17) is 4.74 Å². The van der Waals surface area contributed by atoms with Gasteiger partial charge in [-0.15, -0.1) is 0 Å². The number of ether oxygens (including phenoxy) is 1. The fraction of sp³-hybridized carbons (Fsp3) is 0.882. The van der Waals surface area contributed by atoms with Crippen LogP contribution < -0.4 is 10.6 Å². The molecule has 1 saturated heterocycles. The van der Waals surface area contributed by atoms with Crippen LogP contribution in [0.2, 0.25) is 0 Å². The topological polar surface area (TPSA) is 86.2 Å². The highest BCUT2D eigenvalue weighted by Crippen LogP contribution is 2.20. The molecule has 0 spiro atoms. The Morgan fingerprint density at radius 1 is 1.29 bits per heavy atom. The molecule has 1 unspecified atom stereocenters. The van der Waals surface area contributed by atoms with E-state index in [1.54, 1.807) is 4.90 Å². The summed E-state index contributed by atoms with van der Waals surface area (Å²) in [5.74, 6) is 0.722. The Labute approximate surface area is 145 Å². The zero-order valence-corrected chi connectivity index (χ0v) is 16.0. The first-order chi connectivity index (χ1) is 11.1. The minimum Gasteiger partial charge on any atom is -0.444 e. The Morgan fingerprint density at radius 3 is 2.38 bits per heavy atom. The summed E-state index contributed by atoms with van der Waals surface area (Å²) in [6.45, 7) is 14.3. The van der Waals surface area contributed by atoms with Gasteiger partial charge in [-0.3, -0.25) is 4.99 Å². The van der Waals surface area contributed by atoms with Crippen LogP contribution in [-0.4, -0.2) is 66.5 Å². The van der Waals surface area contributed by atoms with Crippen LogP contribution in [0.1, 0.15) is 48.0 Å². The second-order valence-electron chi connectivity index (χ2n) is 7.74. The molecule has 0 aromatic heterocycles. The van der Waals surface area contributed by atoms with Gasteiger partial charge in [-0.05, 0) is 34.1 Å². The third-order valence-corrected chi connectivity index (χ3v) is 4.07. The van der Waals surface area contributed by atoms with Gasteiger partial charge < -0.3 is 25.4 Å². The van der Waals surface area contributed by atoms with Gasteiger partial charge >= 0.3 is 6.09 Å². The van der Waals surface area contributed by atoms with E-state index in [0.29, 0.717) is 19.6 Å². The number of likely N-dealkylation sites (tertiary alicyclic amines) is 1. The Morgan fingerprint density at radius 2 is 1.92 bits per heavy atom. The molecule has 0 aromatic rings. The fourth-order valence-electron chi connectivity index (χ4n) is 2.10. The molecule has 0 radical (unpaired) electrons. The summed E-state index contributed by atoms with van der Waals surface area (Å²) in [4.78, 5) is 18.2. The van der Waals surface area contributed by atoms with Crippen molar-refractivity contribution in [1.82, 2.24) is 15.5 Å². The summed E-state index contributed by atoms with van der Waals surface area (Å²) in [5, 5.41) is 16.0.